The second kappa shape index (κ2) is 6.55. The lowest BCUT2D eigenvalue weighted by Crippen LogP contribution is -2.52. The number of hydrogen-bond acceptors (Lipinski definition) is 4. The standard InChI is InChI=1S/C16H28N4/c1-16(2,20-11-6-4-5-7-12-20)14(18-3)13-9-8-10-19-15(13)17/h8-10,14,18H,4-7,11-12H2,1-3H3,(H2,17,19). The number of anilines is 1. The van der Waals surface area contributed by atoms with Crippen molar-refractivity contribution in [1.82, 2.24) is 15.2 Å². The number of aromatic nitrogens is 1. The summed E-state index contributed by atoms with van der Waals surface area (Å²) in [6.07, 6.45) is 7.05. The Morgan fingerprint density at radius 3 is 2.45 bits per heavy atom. The SMILES string of the molecule is CNC(c1cccnc1N)C(C)(C)N1CCCCCC1. The van der Waals surface area contributed by atoms with Crippen LogP contribution in [0.25, 0.3) is 0 Å². The summed E-state index contributed by atoms with van der Waals surface area (Å²) in [6, 6.07) is 4.24. The van der Waals surface area contributed by atoms with Crippen molar-refractivity contribution in [1.29, 1.82) is 0 Å². The fourth-order valence-corrected chi connectivity index (χ4v) is 3.39. The Bertz CT molecular complexity index is 422. The molecule has 1 atom stereocenters. The topological polar surface area (TPSA) is 54.2 Å². The van der Waals surface area contributed by atoms with Crippen LogP contribution >= 0.6 is 0 Å². The maximum Gasteiger partial charge on any atom is 0.128 e. The van der Waals surface area contributed by atoms with Gasteiger partial charge in [-0.25, -0.2) is 4.98 Å². The molecule has 1 saturated heterocycles. The number of pyridine rings is 1. The van der Waals surface area contributed by atoms with Crippen LogP contribution < -0.4 is 11.1 Å². The third kappa shape index (κ3) is 3.13. The van der Waals surface area contributed by atoms with Crippen LogP contribution in [0.1, 0.15) is 51.1 Å². The van der Waals surface area contributed by atoms with Crippen molar-refractivity contribution in [2.24, 2.45) is 0 Å². The summed E-state index contributed by atoms with van der Waals surface area (Å²) in [5, 5.41) is 3.46. The molecular weight excluding hydrogens is 248 g/mol. The van der Waals surface area contributed by atoms with Gasteiger partial charge in [-0.1, -0.05) is 18.9 Å². The molecule has 0 saturated carbocycles. The van der Waals surface area contributed by atoms with Crippen LogP contribution in [-0.2, 0) is 0 Å². The van der Waals surface area contributed by atoms with E-state index in [-0.39, 0.29) is 11.6 Å². The van der Waals surface area contributed by atoms with Gasteiger partial charge in [0, 0.05) is 17.3 Å². The first-order valence-electron chi connectivity index (χ1n) is 7.70. The zero-order valence-corrected chi connectivity index (χ0v) is 13.0. The third-order valence-corrected chi connectivity index (χ3v) is 4.60. The van der Waals surface area contributed by atoms with E-state index in [1.54, 1.807) is 6.20 Å². The number of nitrogen functional groups attached to an aromatic ring is 1. The van der Waals surface area contributed by atoms with Crippen LogP contribution in [0.5, 0.6) is 0 Å². The van der Waals surface area contributed by atoms with Crippen molar-refractivity contribution in [2.75, 3.05) is 25.9 Å². The molecular formula is C16H28N4. The summed E-state index contributed by atoms with van der Waals surface area (Å²) >= 11 is 0. The van der Waals surface area contributed by atoms with E-state index in [0.717, 1.165) is 5.56 Å². The predicted molar refractivity (Wildman–Crippen MR) is 84.6 cm³/mol. The van der Waals surface area contributed by atoms with Gasteiger partial charge in [0.25, 0.3) is 0 Å². The van der Waals surface area contributed by atoms with Crippen molar-refractivity contribution >= 4 is 5.82 Å². The van der Waals surface area contributed by atoms with Gasteiger partial charge in [-0.2, -0.15) is 0 Å². The van der Waals surface area contributed by atoms with Gasteiger partial charge in [-0.15, -0.1) is 0 Å². The van der Waals surface area contributed by atoms with Crippen molar-refractivity contribution in [3.63, 3.8) is 0 Å². The van der Waals surface area contributed by atoms with Gasteiger partial charge < -0.3 is 11.1 Å². The lowest BCUT2D eigenvalue weighted by molar-refractivity contribution is 0.0866. The second-order valence-corrected chi connectivity index (χ2v) is 6.25. The van der Waals surface area contributed by atoms with Crippen molar-refractivity contribution in [3.05, 3.63) is 23.9 Å². The maximum absolute atomic E-state index is 6.08. The van der Waals surface area contributed by atoms with Crippen LogP contribution in [0.3, 0.4) is 0 Å². The van der Waals surface area contributed by atoms with Crippen molar-refractivity contribution in [2.45, 2.75) is 51.1 Å². The number of nitrogens with zero attached hydrogens (tertiary/aromatic N) is 2. The minimum atomic E-state index is 0.0241. The van der Waals surface area contributed by atoms with Gasteiger partial charge >= 0.3 is 0 Å². The minimum Gasteiger partial charge on any atom is -0.383 e. The molecule has 1 aliphatic heterocycles. The Morgan fingerprint density at radius 1 is 1.25 bits per heavy atom. The quantitative estimate of drug-likeness (QED) is 0.887. The highest BCUT2D eigenvalue weighted by molar-refractivity contribution is 5.42. The van der Waals surface area contributed by atoms with E-state index < -0.39 is 0 Å². The second-order valence-electron chi connectivity index (χ2n) is 6.25. The van der Waals surface area contributed by atoms with Crippen LogP contribution in [0, 0.1) is 0 Å². The Morgan fingerprint density at radius 2 is 1.90 bits per heavy atom. The third-order valence-electron chi connectivity index (χ3n) is 4.60. The highest BCUT2D eigenvalue weighted by Crippen LogP contribution is 2.34. The molecule has 1 aromatic heterocycles. The molecule has 1 fully saturated rings. The van der Waals surface area contributed by atoms with Crippen LogP contribution in [0.15, 0.2) is 18.3 Å². The summed E-state index contributed by atoms with van der Waals surface area (Å²) in [5.41, 5.74) is 7.21. The normalized spacial score (nSPS) is 19.6. The summed E-state index contributed by atoms with van der Waals surface area (Å²) in [4.78, 5) is 6.85. The summed E-state index contributed by atoms with van der Waals surface area (Å²) in [7, 11) is 2.01. The Hall–Kier alpha value is -1.13. The number of hydrogen-bond donors (Lipinski definition) is 2. The smallest absolute Gasteiger partial charge is 0.128 e. The molecule has 1 unspecified atom stereocenters. The highest BCUT2D eigenvalue weighted by atomic mass is 15.2. The van der Waals surface area contributed by atoms with Crippen LogP contribution in [-0.4, -0.2) is 35.6 Å². The van der Waals surface area contributed by atoms with Crippen LogP contribution in [0.2, 0.25) is 0 Å². The van der Waals surface area contributed by atoms with Crippen molar-refractivity contribution < 1.29 is 0 Å². The molecule has 0 radical (unpaired) electrons. The predicted octanol–water partition coefficient (Wildman–Crippen LogP) is 2.58. The molecule has 0 amide bonds. The van der Waals surface area contributed by atoms with Gasteiger partial charge in [0.2, 0.25) is 0 Å². The number of nitrogens with one attached hydrogen (secondary N) is 1. The maximum atomic E-state index is 6.08. The first kappa shape index (κ1) is 15.3. The fourth-order valence-electron chi connectivity index (χ4n) is 3.39. The largest absolute Gasteiger partial charge is 0.383 e. The van der Waals surface area contributed by atoms with E-state index in [1.807, 2.05) is 13.1 Å². The lowest BCUT2D eigenvalue weighted by atomic mass is 9.86. The minimum absolute atomic E-state index is 0.0241. The van der Waals surface area contributed by atoms with E-state index in [1.165, 1.54) is 38.8 Å². The van der Waals surface area contributed by atoms with Crippen LogP contribution in [0.4, 0.5) is 5.82 Å². The average Bonchev–Trinajstić information content (AvgIpc) is 2.71. The van der Waals surface area contributed by atoms with Crippen molar-refractivity contribution in [3.8, 4) is 0 Å². The molecule has 20 heavy (non-hydrogen) atoms. The Kier molecular flexibility index (Phi) is 5.00. The molecule has 3 N–H and O–H groups in total. The summed E-state index contributed by atoms with van der Waals surface area (Å²) in [5.74, 6) is 0.634. The van der Waals surface area contributed by atoms with E-state index in [9.17, 15) is 0 Å². The van der Waals surface area contributed by atoms with Gasteiger partial charge in [0.1, 0.15) is 5.82 Å². The molecule has 2 heterocycles. The van der Waals surface area contributed by atoms with Gasteiger partial charge in [-0.3, -0.25) is 4.90 Å². The molecule has 0 aromatic carbocycles. The Labute approximate surface area is 122 Å². The van der Waals surface area contributed by atoms with E-state index in [4.69, 9.17) is 5.73 Å². The summed E-state index contributed by atoms with van der Waals surface area (Å²) in [6.45, 7) is 6.97. The first-order chi connectivity index (χ1) is 9.57. The molecule has 0 bridgehead atoms. The zero-order valence-electron chi connectivity index (χ0n) is 13.0. The number of nitrogens with two attached hydrogens (primary N) is 1. The Balaban J connectivity index is 2.26. The molecule has 1 aliphatic rings. The number of likely N-dealkylation sites (N-methyl/N-ethyl adjacent to an activating group) is 1. The van der Waals surface area contributed by atoms with Gasteiger partial charge in [0.05, 0.1) is 6.04 Å². The number of likely N-dealkylation sites (tertiary alicyclic amines) is 1. The number of rotatable bonds is 4. The molecule has 1 aromatic rings. The molecule has 0 spiro atoms. The molecule has 0 aliphatic carbocycles. The molecule has 2 rings (SSSR count). The monoisotopic (exact) mass is 276 g/mol. The summed E-state index contributed by atoms with van der Waals surface area (Å²) < 4.78 is 0. The average molecular weight is 276 g/mol. The van der Waals surface area contributed by atoms with E-state index >= 15 is 0 Å². The lowest BCUT2D eigenvalue weighted by Gasteiger charge is -2.44. The molecule has 112 valence electrons. The van der Waals surface area contributed by atoms with Gasteiger partial charge in [-0.05, 0) is 52.9 Å². The van der Waals surface area contributed by atoms with E-state index in [2.05, 4.69) is 35.1 Å². The highest BCUT2D eigenvalue weighted by Gasteiger charge is 2.36. The van der Waals surface area contributed by atoms with Gasteiger partial charge in [0.15, 0.2) is 0 Å². The fraction of sp³-hybridized carbons (Fsp3) is 0.688. The van der Waals surface area contributed by atoms with E-state index in [0.29, 0.717) is 5.82 Å². The zero-order chi connectivity index (χ0) is 14.6. The molecule has 4 nitrogen and oxygen atoms in total. The molecule has 4 heteroatoms. The first-order valence-corrected chi connectivity index (χ1v) is 7.70.